The van der Waals surface area contributed by atoms with E-state index in [1.54, 1.807) is 0 Å². The van der Waals surface area contributed by atoms with Crippen LogP contribution in [0.3, 0.4) is 0 Å². The Labute approximate surface area is 160 Å². The standard InChI is InChI=1S/C22H26N4O/c1-2-25-17-19(18-7-3-4-8-20(18)25)21(27)10-12-24-13-15-26(16-14-24)22-9-5-6-11-23-22/h3-9,11,17H,2,10,12-16H2,1H3. The van der Waals surface area contributed by atoms with Crippen molar-refractivity contribution in [3.8, 4) is 0 Å². The maximum Gasteiger partial charge on any atom is 0.166 e. The van der Waals surface area contributed by atoms with Gasteiger partial charge in [-0.3, -0.25) is 9.69 Å². The predicted octanol–water partition coefficient (Wildman–Crippen LogP) is 3.45. The van der Waals surface area contributed by atoms with Crippen molar-refractivity contribution in [1.29, 1.82) is 0 Å². The molecular formula is C22H26N4O. The van der Waals surface area contributed by atoms with Gasteiger partial charge < -0.3 is 9.47 Å². The summed E-state index contributed by atoms with van der Waals surface area (Å²) < 4.78 is 2.16. The molecule has 0 bridgehead atoms. The van der Waals surface area contributed by atoms with Crippen molar-refractivity contribution >= 4 is 22.5 Å². The number of piperazine rings is 1. The van der Waals surface area contributed by atoms with E-state index in [2.05, 4.69) is 44.5 Å². The van der Waals surface area contributed by atoms with Gasteiger partial charge in [0, 0.05) is 74.5 Å². The summed E-state index contributed by atoms with van der Waals surface area (Å²) in [6.07, 6.45) is 4.43. The molecule has 0 saturated carbocycles. The molecule has 3 aromatic rings. The molecule has 0 N–H and O–H groups in total. The van der Waals surface area contributed by atoms with E-state index in [4.69, 9.17) is 0 Å². The lowest BCUT2D eigenvalue weighted by Gasteiger charge is -2.35. The first-order valence-corrected chi connectivity index (χ1v) is 9.75. The number of rotatable bonds is 6. The van der Waals surface area contributed by atoms with Crippen LogP contribution in [0.1, 0.15) is 23.7 Å². The van der Waals surface area contributed by atoms with E-state index in [0.29, 0.717) is 6.42 Å². The van der Waals surface area contributed by atoms with Crippen LogP contribution in [0.4, 0.5) is 5.82 Å². The van der Waals surface area contributed by atoms with Crippen molar-refractivity contribution in [3.63, 3.8) is 0 Å². The number of nitrogens with zero attached hydrogens (tertiary/aromatic N) is 4. The number of fused-ring (bicyclic) bond motifs is 1. The summed E-state index contributed by atoms with van der Waals surface area (Å²) >= 11 is 0. The Morgan fingerprint density at radius 2 is 1.81 bits per heavy atom. The highest BCUT2D eigenvalue weighted by Crippen LogP contribution is 2.23. The van der Waals surface area contributed by atoms with E-state index in [9.17, 15) is 4.79 Å². The van der Waals surface area contributed by atoms with Gasteiger partial charge in [-0.15, -0.1) is 0 Å². The quantitative estimate of drug-likeness (QED) is 0.630. The number of carbonyl (C=O) groups excluding carboxylic acids is 1. The van der Waals surface area contributed by atoms with Crippen molar-refractivity contribution in [2.24, 2.45) is 0 Å². The predicted molar refractivity (Wildman–Crippen MR) is 109 cm³/mol. The Kier molecular flexibility index (Phi) is 5.21. The minimum Gasteiger partial charge on any atom is -0.354 e. The van der Waals surface area contributed by atoms with Gasteiger partial charge in [-0.05, 0) is 25.1 Å². The Morgan fingerprint density at radius 3 is 2.56 bits per heavy atom. The molecule has 140 valence electrons. The number of pyridine rings is 1. The van der Waals surface area contributed by atoms with Crippen LogP contribution >= 0.6 is 0 Å². The maximum absolute atomic E-state index is 12.9. The average Bonchev–Trinajstić information content (AvgIpc) is 3.12. The molecule has 3 heterocycles. The fraction of sp³-hybridized carbons (Fsp3) is 0.364. The molecule has 2 aromatic heterocycles. The van der Waals surface area contributed by atoms with Gasteiger partial charge in [-0.25, -0.2) is 4.98 Å². The molecule has 0 amide bonds. The third-order valence-electron chi connectivity index (χ3n) is 5.43. The van der Waals surface area contributed by atoms with Crippen molar-refractivity contribution in [3.05, 3.63) is 60.4 Å². The number of carbonyl (C=O) groups is 1. The molecule has 1 aliphatic heterocycles. The zero-order valence-corrected chi connectivity index (χ0v) is 15.8. The second-order valence-electron chi connectivity index (χ2n) is 7.04. The number of hydrogen-bond donors (Lipinski definition) is 0. The maximum atomic E-state index is 12.9. The molecule has 4 rings (SSSR count). The zero-order chi connectivity index (χ0) is 18.6. The zero-order valence-electron chi connectivity index (χ0n) is 15.8. The van der Waals surface area contributed by atoms with E-state index < -0.39 is 0 Å². The Bertz CT molecular complexity index is 910. The van der Waals surface area contributed by atoms with Gasteiger partial charge >= 0.3 is 0 Å². The number of ketones is 1. The van der Waals surface area contributed by atoms with Gasteiger partial charge in [0.25, 0.3) is 0 Å². The highest BCUT2D eigenvalue weighted by atomic mass is 16.1. The molecule has 1 aliphatic rings. The van der Waals surface area contributed by atoms with Crippen molar-refractivity contribution in [1.82, 2.24) is 14.5 Å². The summed E-state index contributed by atoms with van der Waals surface area (Å²) in [5.41, 5.74) is 2.01. The summed E-state index contributed by atoms with van der Waals surface area (Å²) in [6, 6.07) is 14.2. The van der Waals surface area contributed by atoms with Gasteiger partial charge in [0.15, 0.2) is 5.78 Å². The summed E-state index contributed by atoms with van der Waals surface area (Å²) in [5.74, 6) is 1.28. The van der Waals surface area contributed by atoms with E-state index in [1.165, 1.54) is 0 Å². The van der Waals surface area contributed by atoms with Crippen LogP contribution in [0, 0.1) is 0 Å². The number of Topliss-reactive ketones (excluding diaryl/α,β-unsaturated/α-hetero) is 1. The monoisotopic (exact) mass is 362 g/mol. The third-order valence-corrected chi connectivity index (χ3v) is 5.43. The highest BCUT2D eigenvalue weighted by molar-refractivity contribution is 6.08. The molecule has 0 spiro atoms. The van der Waals surface area contributed by atoms with Crippen molar-refractivity contribution in [2.45, 2.75) is 19.9 Å². The Hall–Kier alpha value is -2.66. The average molecular weight is 362 g/mol. The van der Waals surface area contributed by atoms with Crippen molar-refractivity contribution < 1.29 is 4.79 Å². The number of aryl methyl sites for hydroxylation is 1. The van der Waals surface area contributed by atoms with E-state index in [0.717, 1.165) is 61.6 Å². The summed E-state index contributed by atoms with van der Waals surface area (Å²) in [4.78, 5) is 22.0. The highest BCUT2D eigenvalue weighted by Gasteiger charge is 2.20. The molecule has 0 radical (unpaired) electrons. The van der Waals surface area contributed by atoms with Gasteiger partial charge in [0.2, 0.25) is 0 Å². The summed E-state index contributed by atoms with van der Waals surface area (Å²) in [6.45, 7) is 7.67. The Balaban J connectivity index is 1.35. The van der Waals surface area contributed by atoms with Gasteiger partial charge in [-0.2, -0.15) is 0 Å². The van der Waals surface area contributed by atoms with Crippen LogP contribution < -0.4 is 4.90 Å². The molecule has 5 heteroatoms. The number of aromatic nitrogens is 2. The summed E-state index contributed by atoms with van der Waals surface area (Å²) in [5, 5.41) is 1.07. The van der Waals surface area contributed by atoms with Crippen LogP contribution in [0.25, 0.3) is 10.9 Å². The minimum absolute atomic E-state index is 0.241. The van der Waals surface area contributed by atoms with E-state index >= 15 is 0 Å². The number of benzene rings is 1. The molecule has 0 aliphatic carbocycles. The molecule has 1 saturated heterocycles. The second kappa shape index (κ2) is 7.92. The lowest BCUT2D eigenvalue weighted by Crippen LogP contribution is -2.47. The Morgan fingerprint density at radius 1 is 1.04 bits per heavy atom. The number of anilines is 1. The first-order chi connectivity index (χ1) is 13.3. The lowest BCUT2D eigenvalue weighted by molar-refractivity contribution is 0.0964. The third kappa shape index (κ3) is 3.74. The number of para-hydroxylation sites is 1. The van der Waals surface area contributed by atoms with Gasteiger partial charge in [0.1, 0.15) is 5.82 Å². The second-order valence-corrected chi connectivity index (χ2v) is 7.04. The fourth-order valence-corrected chi connectivity index (χ4v) is 3.87. The smallest absolute Gasteiger partial charge is 0.166 e. The van der Waals surface area contributed by atoms with Crippen molar-refractivity contribution in [2.75, 3.05) is 37.6 Å². The summed E-state index contributed by atoms with van der Waals surface area (Å²) in [7, 11) is 0. The molecular weight excluding hydrogens is 336 g/mol. The first kappa shape index (κ1) is 17.7. The molecule has 5 nitrogen and oxygen atoms in total. The van der Waals surface area contributed by atoms with Crippen LogP contribution in [0.5, 0.6) is 0 Å². The number of hydrogen-bond acceptors (Lipinski definition) is 4. The van der Waals surface area contributed by atoms with Crippen LogP contribution in [-0.2, 0) is 6.54 Å². The fourth-order valence-electron chi connectivity index (χ4n) is 3.87. The molecule has 0 unspecified atom stereocenters. The SMILES string of the molecule is CCn1cc(C(=O)CCN2CCN(c3ccccn3)CC2)c2ccccc21. The lowest BCUT2D eigenvalue weighted by atomic mass is 10.1. The van der Waals surface area contributed by atoms with E-state index in [1.807, 2.05) is 36.7 Å². The molecule has 27 heavy (non-hydrogen) atoms. The van der Waals surface area contributed by atoms with Gasteiger partial charge in [0.05, 0.1) is 0 Å². The first-order valence-electron chi connectivity index (χ1n) is 9.75. The van der Waals surface area contributed by atoms with Crippen LogP contribution in [0.15, 0.2) is 54.9 Å². The molecule has 1 fully saturated rings. The van der Waals surface area contributed by atoms with Crippen LogP contribution in [0.2, 0.25) is 0 Å². The van der Waals surface area contributed by atoms with Gasteiger partial charge in [-0.1, -0.05) is 24.3 Å². The van der Waals surface area contributed by atoms with E-state index in [-0.39, 0.29) is 5.78 Å². The topological polar surface area (TPSA) is 41.4 Å². The molecule has 0 atom stereocenters. The van der Waals surface area contributed by atoms with Crippen LogP contribution in [-0.4, -0.2) is 53.0 Å². The molecule has 1 aromatic carbocycles. The normalized spacial score (nSPS) is 15.4. The largest absolute Gasteiger partial charge is 0.354 e. The minimum atomic E-state index is 0.241.